The molecule has 3 aromatic rings. The molecule has 0 bridgehead atoms. The average molecular weight is 717 g/mol. The molecule has 0 radical (unpaired) electrons. The lowest BCUT2D eigenvalue weighted by Gasteiger charge is -2.35. The maximum Gasteiger partial charge on any atom is 0.519 e. The summed E-state index contributed by atoms with van der Waals surface area (Å²) in [5.74, 6) is -1.78. The van der Waals surface area contributed by atoms with E-state index < -0.39 is 55.6 Å². The van der Waals surface area contributed by atoms with E-state index in [1.165, 1.54) is 11.0 Å². The van der Waals surface area contributed by atoms with Crippen molar-refractivity contribution in [1.82, 2.24) is 25.1 Å². The molecule has 4 heterocycles. The number of aromatic nitrogens is 2. The molecule has 3 N–H and O–H groups in total. The smallest absolute Gasteiger partial charge is 0.465 e. The van der Waals surface area contributed by atoms with Crippen molar-refractivity contribution in [3.05, 3.63) is 64.2 Å². The van der Waals surface area contributed by atoms with Crippen molar-refractivity contribution in [3.8, 4) is 11.4 Å². The Morgan fingerprint density at radius 2 is 1.74 bits per heavy atom. The lowest BCUT2D eigenvalue weighted by molar-refractivity contribution is -0.134. The van der Waals surface area contributed by atoms with Gasteiger partial charge in [0.2, 0.25) is 5.91 Å². The molecule has 270 valence electrons. The molecule has 5 rings (SSSR count). The van der Waals surface area contributed by atoms with Gasteiger partial charge in [-0.1, -0.05) is 51.1 Å². The lowest BCUT2D eigenvalue weighted by Crippen LogP contribution is -2.56. The molecule has 2 aliphatic rings. The van der Waals surface area contributed by atoms with Crippen LogP contribution in [0.2, 0.25) is 0 Å². The zero-order valence-corrected chi connectivity index (χ0v) is 29.1. The second-order valence-corrected chi connectivity index (χ2v) is 15.0. The Morgan fingerprint density at radius 1 is 1.06 bits per heavy atom. The van der Waals surface area contributed by atoms with Crippen LogP contribution in [0.3, 0.4) is 0 Å². The van der Waals surface area contributed by atoms with Gasteiger partial charge in [0.05, 0.1) is 12.3 Å². The summed E-state index contributed by atoms with van der Waals surface area (Å²) in [6, 6.07) is 8.91. The summed E-state index contributed by atoms with van der Waals surface area (Å²) in [5.41, 5.74) is -0.140. The molecule has 0 aliphatic carbocycles. The minimum Gasteiger partial charge on any atom is -0.465 e. The summed E-state index contributed by atoms with van der Waals surface area (Å²) >= 11 is 0. The highest BCUT2D eigenvalue weighted by molar-refractivity contribution is 7.52. The van der Waals surface area contributed by atoms with Gasteiger partial charge in [-0.3, -0.25) is 14.2 Å². The summed E-state index contributed by atoms with van der Waals surface area (Å²) in [6.45, 7) is 5.79. The number of carbonyl (C=O) groups is 3. The number of hydrogen-bond donors (Lipinski definition) is 3. The largest absolute Gasteiger partial charge is 0.519 e. The predicted molar refractivity (Wildman–Crippen MR) is 178 cm³/mol. The number of carboxylic acid groups (broad SMARTS) is 1. The lowest BCUT2D eigenvalue weighted by atomic mass is 9.92. The van der Waals surface area contributed by atoms with Crippen LogP contribution in [0, 0.1) is 0 Å². The van der Waals surface area contributed by atoms with Crippen molar-refractivity contribution in [2.75, 3.05) is 57.4 Å². The molecule has 0 saturated carbocycles. The quantitative estimate of drug-likeness (QED) is 0.243. The molecule has 50 heavy (non-hydrogen) atoms. The Labute approximate surface area is 287 Å². The molecule has 0 spiro atoms. The maximum atomic E-state index is 13.9. The Balaban J connectivity index is 1.42. The number of benzene rings is 1. The highest BCUT2D eigenvalue weighted by atomic mass is 31.2. The molecule has 3 atom stereocenters. The third-order valence-electron chi connectivity index (χ3n) is 8.38. The van der Waals surface area contributed by atoms with Gasteiger partial charge in [-0.2, -0.15) is 0 Å². The maximum absolute atomic E-state index is 13.9. The van der Waals surface area contributed by atoms with Crippen molar-refractivity contribution >= 4 is 31.3 Å². The van der Waals surface area contributed by atoms with Crippen molar-refractivity contribution in [3.63, 3.8) is 0 Å². The Kier molecular flexibility index (Phi) is 11.1. The number of nitrogens with zero attached hydrogens (tertiary/aromatic N) is 5. The Hall–Kier alpha value is -4.57. The van der Waals surface area contributed by atoms with Crippen molar-refractivity contribution < 1.29 is 47.0 Å². The molecular formula is C32H41N6O11P. The van der Waals surface area contributed by atoms with Gasteiger partial charge >= 0.3 is 19.5 Å². The molecule has 3 amide bonds. The zero-order valence-electron chi connectivity index (χ0n) is 28.2. The number of amides is 3. The van der Waals surface area contributed by atoms with Gasteiger partial charge in [0, 0.05) is 63.4 Å². The highest BCUT2D eigenvalue weighted by Crippen LogP contribution is 2.44. The minimum absolute atomic E-state index is 0.00531. The minimum atomic E-state index is -4.68. The van der Waals surface area contributed by atoms with E-state index in [9.17, 15) is 33.7 Å². The molecule has 18 heteroatoms. The highest BCUT2D eigenvalue weighted by Gasteiger charge is 2.37. The van der Waals surface area contributed by atoms with Gasteiger partial charge in [0.25, 0.3) is 5.91 Å². The SMILES string of the molecule is CO[C@H]1CCN(c2cc(C(=O)N[C@@H](CP(=O)(O)OCc3oc(=O)oc3C(C)(C)C)C(=O)N3CCN(C(=O)O)CC3)nc(-c3ccccc3)n2)C1. The molecule has 1 unspecified atom stereocenters. The van der Waals surface area contributed by atoms with E-state index >= 15 is 0 Å². The first-order chi connectivity index (χ1) is 23.6. The van der Waals surface area contributed by atoms with Crippen LogP contribution in [0.5, 0.6) is 0 Å². The summed E-state index contributed by atoms with van der Waals surface area (Å²) < 4.78 is 34.4. The number of anilines is 1. The number of hydrogen-bond acceptors (Lipinski definition) is 12. The predicted octanol–water partition coefficient (Wildman–Crippen LogP) is 2.54. The molecule has 2 aromatic heterocycles. The average Bonchev–Trinajstić information content (AvgIpc) is 3.74. The number of rotatable bonds is 11. The van der Waals surface area contributed by atoms with Gasteiger partial charge in [0.1, 0.15) is 24.2 Å². The standard InChI is InChI=1S/C32H41N6O11P/c1-32(2,3)26-24(48-31(43)49-26)18-47-50(44,45)19-23(29(40)36-12-14-37(15-13-36)30(41)42)34-28(39)22-16-25(38-11-10-21(17-38)46-4)35-27(33-22)20-8-6-5-7-9-20/h5-9,16,21,23H,10-15,17-19H2,1-4H3,(H,34,39)(H,41,42)(H,44,45)/t21-,23-/m0/s1. The van der Waals surface area contributed by atoms with Crippen LogP contribution in [-0.2, 0) is 30.6 Å². The number of nitrogens with one attached hydrogen (secondary N) is 1. The van der Waals surface area contributed by atoms with Crippen LogP contribution in [0.15, 0.2) is 50.0 Å². The van der Waals surface area contributed by atoms with E-state index in [4.69, 9.17) is 23.1 Å². The molecular weight excluding hydrogens is 675 g/mol. The van der Waals surface area contributed by atoms with E-state index in [0.29, 0.717) is 24.5 Å². The number of methoxy groups -OCH3 is 1. The first kappa shape index (κ1) is 36.7. The first-order valence-electron chi connectivity index (χ1n) is 16.0. The summed E-state index contributed by atoms with van der Waals surface area (Å²) in [4.78, 5) is 75.5. The first-order valence-corrected chi connectivity index (χ1v) is 17.8. The van der Waals surface area contributed by atoms with E-state index in [2.05, 4.69) is 10.3 Å². The van der Waals surface area contributed by atoms with Gasteiger partial charge in [0.15, 0.2) is 17.3 Å². The van der Waals surface area contributed by atoms with Crippen LogP contribution in [0.1, 0.15) is 49.2 Å². The number of carbonyl (C=O) groups excluding carboxylic acids is 2. The van der Waals surface area contributed by atoms with Gasteiger partial charge in [-0.15, -0.1) is 0 Å². The van der Waals surface area contributed by atoms with Gasteiger partial charge in [-0.05, 0) is 6.42 Å². The monoisotopic (exact) mass is 716 g/mol. The molecule has 1 aromatic carbocycles. The summed E-state index contributed by atoms with van der Waals surface area (Å²) in [5, 5.41) is 11.9. The van der Waals surface area contributed by atoms with Crippen LogP contribution in [0.25, 0.3) is 11.4 Å². The fourth-order valence-corrected chi connectivity index (χ4v) is 6.86. The van der Waals surface area contributed by atoms with E-state index in [0.717, 1.165) is 11.3 Å². The van der Waals surface area contributed by atoms with Crippen molar-refractivity contribution in [1.29, 1.82) is 0 Å². The molecule has 2 fully saturated rings. The molecule has 2 aliphatic heterocycles. The second-order valence-electron chi connectivity index (χ2n) is 13.1. The van der Waals surface area contributed by atoms with Gasteiger partial charge in [-0.25, -0.2) is 19.6 Å². The van der Waals surface area contributed by atoms with Gasteiger partial charge < -0.3 is 48.1 Å². The van der Waals surface area contributed by atoms with Crippen molar-refractivity contribution in [2.24, 2.45) is 0 Å². The Bertz CT molecular complexity index is 1800. The van der Waals surface area contributed by atoms with Crippen LogP contribution in [-0.4, -0.2) is 112 Å². The van der Waals surface area contributed by atoms with E-state index in [1.807, 2.05) is 11.0 Å². The third kappa shape index (κ3) is 8.96. The van der Waals surface area contributed by atoms with Crippen LogP contribution in [0.4, 0.5) is 10.6 Å². The third-order valence-corrected chi connectivity index (χ3v) is 9.74. The fraction of sp³-hybridized carbons (Fsp3) is 0.500. The second kappa shape index (κ2) is 15.1. The fourth-order valence-electron chi connectivity index (χ4n) is 5.73. The van der Waals surface area contributed by atoms with E-state index in [-0.39, 0.29) is 55.3 Å². The molecule has 2 saturated heterocycles. The van der Waals surface area contributed by atoms with Crippen LogP contribution < -0.4 is 16.0 Å². The Morgan fingerprint density at radius 3 is 2.36 bits per heavy atom. The van der Waals surface area contributed by atoms with E-state index in [1.54, 1.807) is 52.1 Å². The van der Waals surface area contributed by atoms with Crippen molar-refractivity contribution in [2.45, 2.75) is 51.4 Å². The normalized spacial score (nSPS) is 18.5. The number of ether oxygens (including phenoxy) is 1. The molecule has 17 nitrogen and oxygen atoms in total. The zero-order chi connectivity index (χ0) is 36.2. The summed E-state index contributed by atoms with van der Waals surface area (Å²) in [6.07, 6.45) is -1.27. The summed E-state index contributed by atoms with van der Waals surface area (Å²) in [7, 11) is -3.05. The van der Waals surface area contributed by atoms with Crippen LogP contribution >= 0.6 is 7.60 Å². The topological polar surface area (TPSA) is 218 Å². The number of piperazine rings is 1.